The Morgan fingerprint density at radius 1 is 1.11 bits per heavy atom. The van der Waals surface area contributed by atoms with Crippen LogP contribution in [0.15, 0.2) is 28.9 Å². The van der Waals surface area contributed by atoms with Crippen LogP contribution < -0.4 is 4.90 Å². The van der Waals surface area contributed by atoms with Crippen LogP contribution in [-0.2, 0) is 0 Å². The van der Waals surface area contributed by atoms with Gasteiger partial charge in [0.15, 0.2) is 0 Å². The Balaban J connectivity index is 1.88. The van der Waals surface area contributed by atoms with E-state index in [1.165, 1.54) is 35.9 Å². The smallest absolute Gasteiger partial charge is 0.147 e. The number of aryl methyl sites for hydroxylation is 2. The minimum absolute atomic E-state index is 0.602. The van der Waals surface area contributed by atoms with Gasteiger partial charge in [0.25, 0.3) is 0 Å². The lowest BCUT2D eigenvalue weighted by Gasteiger charge is -2.34. The Morgan fingerprint density at radius 2 is 1.75 bits per heavy atom. The summed E-state index contributed by atoms with van der Waals surface area (Å²) in [7, 11) is 0. The van der Waals surface area contributed by atoms with Crippen molar-refractivity contribution in [1.82, 2.24) is 9.55 Å². The van der Waals surface area contributed by atoms with Crippen molar-refractivity contribution < 1.29 is 0 Å². The first kappa shape index (κ1) is 20.1. The van der Waals surface area contributed by atoms with E-state index < -0.39 is 0 Å². The lowest BCUT2D eigenvalue weighted by molar-refractivity contribution is 0.395. The molecule has 3 aromatic rings. The molecule has 0 atom stereocenters. The summed E-state index contributed by atoms with van der Waals surface area (Å²) in [6, 6.07) is 5.96. The quantitative estimate of drug-likeness (QED) is 0.391. The molecule has 0 aliphatic carbocycles. The minimum Gasteiger partial charge on any atom is -0.371 e. The Kier molecular flexibility index (Phi) is 5.65. The van der Waals surface area contributed by atoms with Gasteiger partial charge in [-0.3, -0.25) is 4.57 Å². The SMILES string of the molecule is CCC1CCN(c2cc(C)nc3c2c(C)cn3-c2c(Cl)cc(Br)cc2Cl)CC1. The van der Waals surface area contributed by atoms with E-state index in [1.807, 2.05) is 16.7 Å². The van der Waals surface area contributed by atoms with Crippen molar-refractivity contribution in [1.29, 1.82) is 0 Å². The largest absolute Gasteiger partial charge is 0.371 e. The number of benzene rings is 1. The van der Waals surface area contributed by atoms with E-state index in [4.69, 9.17) is 28.2 Å². The van der Waals surface area contributed by atoms with E-state index >= 15 is 0 Å². The molecule has 1 aromatic carbocycles. The molecule has 2 aromatic heterocycles. The van der Waals surface area contributed by atoms with Gasteiger partial charge in [-0.1, -0.05) is 52.5 Å². The van der Waals surface area contributed by atoms with Crippen molar-refractivity contribution in [3.63, 3.8) is 0 Å². The second-order valence-corrected chi connectivity index (χ2v) is 9.45. The molecule has 3 heterocycles. The van der Waals surface area contributed by atoms with Crippen LogP contribution in [0.4, 0.5) is 5.69 Å². The highest BCUT2D eigenvalue weighted by Crippen LogP contribution is 2.39. The highest BCUT2D eigenvalue weighted by molar-refractivity contribution is 9.10. The molecule has 0 saturated carbocycles. The van der Waals surface area contributed by atoms with Crippen LogP contribution in [0.25, 0.3) is 16.7 Å². The summed E-state index contributed by atoms with van der Waals surface area (Å²) in [6.45, 7) is 8.69. The lowest BCUT2D eigenvalue weighted by Crippen LogP contribution is -2.33. The number of anilines is 1. The number of aromatic nitrogens is 2. The van der Waals surface area contributed by atoms with E-state index in [9.17, 15) is 0 Å². The fraction of sp³-hybridized carbons (Fsp3) is 0.409. The molecule has 0 unspecified atom stereocenters. The Bertz CT molecular complexity index is 1010. The maximum Gasteiger partial charge on any atom is 0.147 e. The first-order valence-corrected chi connectivity index (χ1v) is 11.3. The molecule has 28 heavy (non-hydrogen) atoms. The molecule has 148 valence electrons. The summed E-state index contributed by atoms with van der Waals surface area (Å²) in [5, 5.41) is 2.39. The van der Waals surface area contributed by atoms with Gasteiger partial charge in [0.2, 0.25) is 0 Å². The Morgan fingerprint density at radius 3 is 2.36 bits per heavy atom. The van der Waals surface area contributed by atoms with Crippen molar-refractivity contribution in [3.05, 3.63) is 50.2 Å². The Labute approximate surface area is 184 Å². The van der Waals surface area contributed by atoms with Gasteiger partial charge in [-0.15, -0.1) is 0 Å². The van der Waals surface area contributed by atoms with Crippen LogP contribution in [0.5, 0.6) is 0 Å². The van der Waals surface area contributed by atoms with E-state index in [0.29, 0.717) is 10.0 Å². The summed E-state index contributed by atoms with van der Waals surface area (Å²) < 4.78 is 2.90. The van der Waals surface area contributed by atoms with Crippen LogP contribution in [0.3, 0.4) is 0 Å². The summed E-state index contributed by atoms with van der Waals surface area (Å²) in [5.41, 5.74) is 5.15. The molecule has 1 aliphatic rings. The standard InChI is InChI=1S/C22H24BrCl2N3/c1-4-15-5-7-27(8-6-15)19-9-14(3)26-22-20(19)13(2)12-28(22)21-17(24)10-16(23)11-18(21)25/h9-12,15H,4-8H2,1-3H3. The molecular weight excluding hydrogens is 457 g/mol. The summed E-state index contributed by atoms with van der Waals surface area (Å²) in [6.07, 6.45) is 5.88. The van der Waals surface area contributed by atoms with Gasteiger partial charge in [0.05, 0.1) is 15.7 Å². The fourth-order valence-corrected chi connectivity index (χ4v) is 5.67. The van der Waals surface area contributed by atoms with Gasteiger partial charge in [-0.25, -0.2) is 4.98 Å². The minimum atomic E-state index is 0.602. The number of halogens is 3. The predicted molar refractivity (Wildman–Crippen MR) is 123 cm³/mol. The molecule has 4 rings (SSSR count). The zero-order valence-electron chi connectivity index (χ0n) is 16.4. The first-order chi connectivity index (χ1) is 13.4. The molecule has 0 radical (unpaired) electrons. The zero-order chi connectivity index (χ0) is 20.0. The number of pyridine rings is 1. The molecule has 0 amide bonds. The molecule has 1 fully saturated rings. The molecule has 0 spiro atoms. The van der Waals surface area contributed by atoms with Crippen LogP contribution >= 0.6 is 39.1 Å². The fourth-order valence-electron chi connectivity index (χ4n) is 4.28. The molecule has 1 aliphatic heterocycles. The molecule has 0 N–H and O–H groups in total. The zero-order valence-corrected chi connectivity index (χ0v) is 19.5. The van der Waals surface area contributed by atoms with E-state index in [0.717, 1.165) is 40.5 Å². The molecule has 0 bridgehead atoms. The number of fused-ring (bicyclic) bond motifs is 1. The van der Waals surface area contributed by atoms with Gasteiger partial charge in [0.1, 0.15) is 5.65 Å². The lowest BCUT2D eigenvalue weighted by atomic mass is 9.94. The number of hydrogen-bond acceptors (Lipinski definition) is 2. The second kappa shape index (κ2) is 7.89. The molecular formula is C22H24BrCl2N3. The highest BCUT2D eigenvalue weighted by atomic mass is 79.9. The van der Waals surface area contributed by atoms with Crippen molar-refractivity contribution in [2.45, 2.75) is 40.0 Å². The third-order valence-electron chi connectivity index (χ3n) is 5.81. The normalized spacial score (nSPS) is 15.6. The maximum atomic E-state index is 6.57. The van der Waals surface area contributed by atoms with Crippen molar-refractivity contribution in [3.8, 4) is 5.69 Å². The van der Waals surface area contributed by atoms with Crippen LogP contribution in [0.1, 0.15) is 37.4 Å². The summed E-state index contributed by atoms with van der Waals surface area (Å²) in [5.74, 6) is 0.848. The van der Waals surface area contributed by atoms with Crippen LogP contribution in [0, 0.1) is 19.8 Å². The van der Waals surface area contributed by atoms with Crippen molar-refractivity contribution >= 4 is 55.9 Å². The Hall–Kier alpha value is -1.23. The van der Waals surface area contributed by atoms with E-state index in [2.05, 4.69) is 53.9 Å². The van der Waals surface area contributed by atoms with Crippen molar-refractivity contribution in [2.24, 2.45) is 5.92 Å². The predicted octanol–water partition coefficient (Wildman–Crippen LogP) is 7.34. The van der Waals surface area contributed by atoms with Gasteiger partial charge in [-0.05, 0) is 56.4 Å². The monoisotopic (exact) mass is 479 g/mol. The van der Waals surface area contributed by atoms with Crippen molar-refractivity contribution in [2.75, 3.05) is 18.0 Å². The maximum absolute atomic E-state index is 6.57. The average molecular weight is 481 g/mol. The number of hydrogen-bond donors (Lipinski definition) is 0. The molecule has 6 heteroatoms. The third kappa shape index (κ3) is 3.55. The van der Waals surface area contributed by atoms with Crippen LogP contribution in [-0.4, -0.2) is 22.6 Å². The molecule has 1 saturated heterocycles. The van der Waals surface area contributed by atoms with E-state index in [-0.39, 0.29) is 0 Å². The summed E-state index contributed by atoms with van der Waals surface area (Å²) >= 11 is 16.6. The van der Waals surface area contributed by atoms with E-state index in [1.54, 1.807) is 0 Å². The van der Waals surface area contributed by atoms with Gasteiger partial charge < -0.3 is 4.90 Å². The highest BCUT2D eigenvalue weighted by Gasteiger charge is 2.23. The number of piperidine rings is 1. The topological polar surface area (TPSA) is 21.1 Å². The number of nitrogens with zero attached hydrogens (tertiary/aromatic N) is 3. The third-order valence-corrected chi connectivity index (χ3v) is 6.84. The van der Waals surface area contributed by atoms with Gasteiger partial charge >= 0.3 is 0 Å². The average Bonchev–Trinajstić information content (AvgIpc) is 2.96. The van der Waals surface area contributed by atoms with Gasteiger partial charge in [-0.2, -0.15) is 0 Å². The molecule has 3 nitrogen and oxygen atoms in total. The second-order valence-electron chi connectivity index (χ2n) is 7.72. The number of rotatable bonds is 3. The van der Waals surface area contributed by atoms with Crippen LogP contribution in [0.2, 0.25) is 10.0 Å². The summed E-state index contributed by atoms with van der Waals surface area (Å²) in [4.78, 5) is 7.39. The first-order valence-electron chi connectivity index (χ1n) is 9.78. The van der Waals surface area contributed by atoms with Gasteiger partial charge in [0, 0.05) is 40.5 Å².